The summed E-state index contributed by atoms with van der Waals surface area (Å²) in [6.45, 7) is 3.99. The average molecular weight is 313 g/mol. The SMILES string of the molecule is CCCCC(=O)Oc1ccc(Cl)cc1OC(=O)CCCC. The summed E-state index contributed by atoms with van der Waals surface area (Å²) in [5, 5.41) is 0.418. The molecule has 0 atom stereocenters. The van der Waals surface area contributed by atoms with E-state index < -0.39 is 0 Å². The molecule has 0 unspecified atom stereocenters. The Morgan fingerprint density at radius 1 is 0.952 bits per heavy atom. The Morgan fingerprint density at radius 2 is 1.48 bits per heavy atom. The summed E-state index contributed by atoms with van der Waals surface area (Å²) in [6, 6.07) is 4.61. The van der Waals surface area contributed by atoms with Gasteiger partial charge in [-0.1, -0.05) is 38.3 Å². The number of carbonyl (C=O) groups is 2. The second kappa shape index (κ2) is 9.40. The normalized spacial score (nSPS) is 10.2. The van der Waals surface area contributed by atoms with E-state index in [1.807, 2.05) is 13.8 Å². The Bertz CT molecular complexity index is 485. The zero-order chi connectivity index (χ0) is 15.7. The van der Waals surface area contributed by atoms with Gasteiger partial charge in [-0.2, -0.15) is 0 Å². The third-order valence-corrected chi connectivity index (χ3v) is 3.06. The number of halogens is 1. The Labute approximate surface area is 130 Å². The fraction of sp³-hybridized carbons (Fsp3) is 0.500. The molecule has 0 saturated carbocycles. The lowest BCUT2D eigenvalue weighted by molar-refractivity contribution is -0.137. The number of unbranched alkanes of at least 4 members (excludes halogenated alkanes) is 2. The maximum atomic E-state index is 11.7. The Morgan fingerprint density at radius 3 is 2.00 bits per heavy atom. The van der Waals surface area contributed by atoms with Crippen molar-refractivity contribution in [3.05, 3.63) is 23.2 Å². The van der Waals surface area contributed by atoms with Gasteiger partial charge in [0.1, 0.15) is 0 Å². The maximum absolute atomic E-state index is 11.7. The van der Waals surface area contributed by atoms with Crippen LogP contribution in [0.3, 0.4) is 0 Å². The third kappa shape index (κ3) is 6.63. The van der Waals surface area contributed by atoms with Crippen molar-refractivity contribution in [1.82, 2.24) is 0 Å². The van der Waals surface area contributed by atoms with Gasteiger partial charge in [-0.15, -0.1) is 0 Å². The summed E-state index contributed by atoms with van der Waals surface area (Å²) in [7, 11) is 0. The molecule has 21 heavy (non-hydrogen) atoms. The fourth-order valence-corrected chi connectivity index (χ4v) is 1.80. The maximum Gasteiger partial charge on any atom is 0.311 e. The van der Waals surface area contributed by atoms with E-state index in [2.05, 4.69) is 0 Å². The van der Waals surface area contributed by atoms with Gasteiger partial charge in [-0.25, -0.2) is 0 Å². The zero-order valence-corrected chi connectivity index (χ0v) is 13.2. The topological polar surface area (TPSA) is 52.6 Å². The Kier molecular flexibility index (Phi) is 7.83. The molecule has 1 aromatic carbocycles. The number of carbonyl (C=O) groups excluding carboxylic acids is 2. The van der Waals surface area contributed by atoms with Crippen LogP contribution in [0.1, 0.15) is 52.4 Å². The largest absolute Gasteiger partial charge is 0.423 e. The van der Waals surface area contributed by atoms with Crippen molar-refractivity contribution < 1.29 is 19.1 Å². The molecular weight excluding hydrogens is 292 g/mol. The molecule has 0 aliphatic heterocycles. The molecule has 0 aliphatic rings. The highest BCUT2D eigenvalue weighted by molar-refractivity contribution is 6.30. The Hall–Kier alpha value is -1.55. The standard InChI is InChI=1S/C16H21ClO4/c1-3-5-7-15(18)20-13-10-9-12(17)11-14(13)21-16(19)8-6-4-2/h9-11H,3-8H2,1-2H3. The molecule has 5 heteroatoms. The highest BCUT2D eigenvalue weighted by Gasteiger charge is 2.14. The van der Waals surface area contributed by atoms with Crippen molar-refractivity contribution >= 4 is 23.5 Å². The molecule has 0 bridgehead atoms. The highest BCUT2D eigenvalue weighted by Crippen LogP contribution is 2.31. The molecule has 0 aliphatic carbocycles. The van der Waals surface area contributed by atoms with Crippen LogP contribution in [-0.4, -0.2) is 11.9 Å². The summed E-state index contributed by atoms with van der Waals surface area (Å²) >= 11 is 5.89. The summed E-state index contributed by atoms with van der Waals surface area (Å²) in [5.74, 6) is -0.284. The first kappa shape index (κ1) is 17.5. The molecule has 0 spiro atoms. The van der Waals surface area contributed by atoms with Gasteiger partial charge in [0.05, 0.1) is 0 Å². The van der Waals surface area contributed by atoms with Crippen LogP contribution in [0.5, 0.6) is 11.5 Å². The molecule has 1 aromatic rings. The van der Waals surface area contributed by atoms with Gasteiger partial charge >= 0.3 is 11.9 Å². The van der Waals surface area contributed by atoms with Crippen molar-refractivity contribution in [3.63, 3.8) is 0 Å². The smallest absolute Gasteiger partial charge is 0.311 e. The van der Waals surface area contributed by atoms with E-state index in [-0.39, 0.29) is 23.4 Å². The molecule has 0 radical (unpaired) electrons. The van der Waals surface area contributed by atoms with Gasteiger partial charge in [0, 0.05) is 23.9 Å². The predicted octanol–water partition coefficient (Wildman–Crippen LogP) is 4.53. The van der Waals surface area contributed by atoms with E-state index in [1.165, 1.54) is 12.1 Å². The van der Waals surface area contributed by atoms with Gasteiger partial charge in [0.15, 0.2) is 11.5 Å². The van der Waals surface area contributed by atoms with Crippen molar-refractivity contribution in [2.24, 2.45) is 0 Å². The minimum Gasteiger partial charge on any atom is -0.423 e. The molecule has 0 aromatic heterocycles. The van der Waals surface area contributed by atoms with Crippen LogP contribution in [0, 0.1) is 0 Å². The Balaban J connectivity index is 2.74. The lowest BCUT2D eigenvalue weighted by atomic mass is 10.2. The van der Waals surface area contributed by atoms with Crippen molar-refractivity contribution in [2.45, 2.75) is 52.4 Å². The number of esters is 2. The van der Waals surface area contributed by atoms with E-state index in [0.29, 0.717) is 17.9 Å². The number of hydrogen-bond acceptors (Lipinski definition) is 4. The minimum atomic E-state index is -0.357. The summed E-state index contributed by atoms with van der Waals surface area (Å²) in [5.41, 5.74) is 0. The van der Waals surface area contributed by atoms with Crippen LogP contribution >= 0.6 is 11.6 Å². The van der Waals surface area contributed by atoms with Gasteiger partial charge in [0.25, 0.3) is 0 Å². The fourth-order valence-electron chi connectivity index (χ4n) is 1.64. The van der Waals surface area contributed by atoms with Gasteiger partial charge in [-0.05, 0) is 25.0 Å². The average Bonchev–Trinajstić information content (AvgIpc) is 2.45. The number of rotatable bonds is 8. The van der Waals surface area contributed by atoms with Crippen molar-refractivity contribution in [2.75, 3.05) is 0 Å². The molecule has 0 heterocycles. The molecule has 1 rings (SSSR count). The second-order valence-corrected chi connectivity index (χ2v) is 5.18. The van der Waals surface area contributed by atoms with Crippen LogP contribution in [0.15, 0.2) is 18.2 Å². The van der Waals surface area contributed by atoms with Gasteiger partial charge in [-0.3, -0.25) is 9.59 Å². The lowest BCUT2D eigenvalue weighted by Gasteiger charge is -2.10. The van der Waals surface area contributed by atoms with Crippen LogP contribution in [-0.2, 0) is 9.59 Å². The molecule has 0 N–H and O–H groups in total. The second-order valence-electron chi connectivity index (χ2n) is 4.75. The van der Waals surface area contributed by atoms with E-state index >= 15 is 0 Å². The van der Waals surface area contributed by atoms with E-state index in [9.17, 15) is 9.59 Å². The monoisotopic (exact) mass is 312 g/mol. The number of hydrogen-bond donors (Lipinski definition) is 0. The molecule has 4 nitrogen and oxygen atoms in total. The number of ether oxygens (including phenoxy) is 2. The zero-order valence-electron chi connectivity index (χ0n) is 12.5. The van der Waals surface area contributed by atoms with Gasteiger partial charge in [0.2, 0.25) is 0 Å². The van der Waals surface area contributed by atoms with Crippen molar-refractivity contribution in [1.29, 1.82) is 0 Å². The molecule has 0 amide bonds. The summed E-state index contributed by atoms with van der Waals surface area (Å²) in [4.78, 5) is 23.4. The highest BCUT2D eigenvalue weighted by atomic mass is 35.5. The summed E-state index contributed by atoms with van der Waals surface area (Å²) < 4.78 is 10.5. The molecular formula is C16H21ClO4. The predicted molar refractivity (Wildman–Crippen MR) is 81.8 cm³/mol. The van der Waals surface area contributed by atoms with Crippen LogP contribution in [0.2, 0.25) is 5.02 Å². The van der Waals surface area contributed by atoms with E-state index in [4.69, 9.17) is 21.1 Å². The van der Waals surface area contributed by atoms with E-state index in [1.54, 1.807) is 6.07 Å². The van der Waals surface area contributed by atoms with Crippen LogP contribution in [0.25, 0.3) is 0 Å². The molecule has 0 fully saturated rings. The lowest BCUT2D eigenvalue weighted by Crippen LogP contribution is -2.11. The first-order valence-electron chi connectivity index (χ1n) is 7.27. The summed E-state index contributed by atoms with van der Waals surface area (Å²) in [6.07, 6.45) is 4.00. The number of benzene rings is 1. The molecule has 0 saturated heterocycles. The van der Waals surface area contributed by atoms with Crippen molar-refractivity contribution in [3.8, 4) is 11.5 Å². The first-order valence-corrected chi connectivity index (χ1v) is 7.65. The van der Waals surface area contributed by atoms with Gasteiger partial charge < -0.3 is 9.47 Å². The minimum absolute atomic E-state index is 0.188. The van der Waals surface area contributed by atoms with E-state index in [0.717, 1.165) is 25.7 Å². The van der Waals surface area contributed by atoms with Crippen LogP contribution in [0.4, 0.5) is 0 Å². The first-order chi connectivity index (χ1) is 10.1. The quantitative estimate of drug-likeness (QED) is 0.522. The molecule has 116 valence electrons. The third-order valence-electron chi connectivity index (χ3n) is 2.82. The van der Waals surface area contributed by atoms with Crippen LogP contribution < -0.4 is 9.47 Å².